The van der Waals surface area contributed by atoms with Crippen LogP contribution in [0.3, 0.4) is 0 Å². The number of nitriles is 1. The molecule has 4 heteroatoms. The summed E-state index contributed by atoms with van der Waals surface area (Å²) in [5.74, 6) is 0.541. The van der Waals surface area contributed by atoms with Crippen LogP contribution in [0.25, 0.3) is 0 Å². The van der Waals surface area contributed by atoms with Crippen molar-refractivity contribution in [3.05, 3.63) is 35.1 Å². The van der Waals surface area contributed by atoms with E-state index in [9.17, 15) is 9.50 Å². The van der Waals surface area contributed by atoms with E-state index in [-0.39, 0.29) is 12.4 Å². The lowest BCUT2D eigenvalue weighted by atomic mass is 9.79. The molecule has 1 aliphatic carbocycles. The molecule has 1 aromatic carbocycles. The van der Waals surface area contributed by atoms with Gasteiger partial charge in [0.1, 0.15) is 5.82 Å². The van der Waals surface area contributed by atoms with E-state index in [2.05, 4.69) is 11.4 Å². The lowest BCUT2D eigenvalue weighted by Gasteiger charge is -2.30. The average Bonchev–Trinajstić information content (AvgIpc) is 2.48. The number of nitrogens with zero attached hydrogens (tertiary/aromatic N) is 1. The number of rotatable bonds is 5. The smallest absolute Gasteiger partial charge is 0.123 e. The topological polar surface area (TPSA) is 56.0 Å². The van der Waals surface area contributed by atoms with Crippen molar-refractivity contribution in [3.8, 4) is 6.07 Å². The van der Waals surface area contributed by atoms with Gasteiger partial charge in [-0.05, 0) is 55.0 Å². The predicted molar refractivity (Wildman–Crippen MR) is 75.4 cm³/mol. The zero-order valence-corrected chi connectivity index (χ0v) is 11.6. The van der Waals surface area contributed by atoms with E-state index in [4.69, 9.17) is 5.26 Å². The van der Waals surface area contributed by atoms with Crippen LogP contribution in [0.5, 0.6) is 0 Å². The Hall–Kier alpha value is -1.44. The van der Waals surface area contributed by atoms with E-state index < -0.39 is 0 Å². The van der Waals surface area contributed by atoms with Crippen LogP contribution in [0.15, 0.2) is 18.2 Å². The van der Waals surface area contributed by atoms with E-state index >= 15 is 0 Å². The van der Waals surface area contributed by atoms with Gasteiger partial charge >= 0.3 is 0 Å². The van der Waals surface area contributed by atoms with E-state index in [0.717, 1.165) is 19.4 Å². The first-order chi connectivity index (χ1) is 9.74. The third-order valence-corrected chi connectivity index (χ3v) is 4.21. The first kappa shape index (κ1) is 15.0. The van der Waals surface area contributed by atoms with Crippen molar-refractivity contribution in [1.82, 2.24) is 5.32 Å². The Morgan fingerprint density at radius 3 is 2.75 bits per heavy atom. The third-order valence-electron chi connectivity index (χ3n) is 4.21. The van der Waals surface area contributed by atoms with Crippen LogP contribution in [0, 0.1) is 29.0 Å². The van der Waals surface area contributed by atoms with Gasteiger partial charge in [0.05, 0.1) is 11.6 Å². The number of benzene rings is 1. The maximum atomic E-state index is 13.2. The normalized spacial score (nSPS) is 22.4. The van der Waals surface area contributed by atoms with Crippen LogP contribution < -0.4 is 5.32 Å². The molecule has 0 aliphatic heterocycles. The molecule has 0 amide bonds. The van der Waals surface area contributed by atoms with Gasteiger partial charge in [-0.1, -0.05) is 12.8 Å². The molecule has 2 atom stereocenters. The number of hydrogen-bond acceptors (Lipinski definition) is 3. The zero-order valence-electron chi connectivity index (χ0n) is 11.6. The van der Waals surface area contributed by atoms with Gasteiger partial charge in [-0.3, -0.25) is 0 Å². The number of hydrogen-bond donors (Lipinski definition) is 2. The van der Waals surface area contributed by atoms with Gasteiger partial charge < -0.3 is 10.4 Å². The van der Waals surface area contributed by atoms with E-state index in [1.54, 1.807) is 0 Å². The largest absolute Gasteiger partial charge is 0.396 e. The van der Waals surface area contributed by atoms with Gasteiger partial charge in [0, 0.05) is 13.2 Å². The molecule has 1 fully saturated rings. The minimum absolute atomic E-state index is 0.246. The SMILES string of the molecule is N#Cc1ccc(F)cc1CNCC1CCCCC1CO. The van der Waals surface area contributed by atoms with E-state index in [1.807, 2.05) is 0 Å². The molecule has 2 N–H and O–H groups in total. The molecule has 1 saturated carbocycles. The van der Waals surface area contributed by atoms with Crippen molar-refractivity contribution in [3.63, 3.8) is 0 Å². The highest BCUT2D eigenvalue weighted by Crippen LogP contribution is 2.29. The number of halogens is 1. The Labute approximate surface area is 119 Å². The summed E-state index contributed by atoms with van der Waals surface area (Å²) >= 11 is 0. The molecule has 2 unspecified atom stereocenters. The second-order valence-corrected chi connectivity index (χ2v) is 5.53. The van der Waals surface area contributed by atoms with Crippen LogP contribution in [-0.2, 0) is 6.54 Å². The minimum Gasteiger partial charge on any atom is -0.396 e. The minimum atomic E-state index is -0.313. The lowest BCUT2D eigenvalue weighted by molar-refractivity contribution is 0.133. The number of aliphatic hydroxyl groups is 1. The lowest BCUT2D eigenvalue weighted by Crippen LogP contribution is -2.32. The fourth-order valence-corrected chi connectivity index (χ4v) is 3.00. The Morgan fingerprint density at radius 2 is 2.05 bits per heavy atom. The summed E-state index contributed by atoms with van der Waals surface area (Å²) in [6, 6.07) is 6.33. The van der Waals surface area contributed by atoms with Gasteiger partial charge in [0.15, 0.2) is 0 Å². The fraction of sp³-hybridized carbons (Fsp3) is 0.562. The molecule has 3 nitrogen and oxygen atoms in total. The van der Waals surface area contributed by atoms with Crippen LogP contribution in [-0.4, -0.2) is 18.3 Å². The maximum absolute atomic E-state index is 13.2. The average molecular weight is 276 g/mol. The molecule has 2 rings (SSSR count). The highest BCUT2D eigenvalue weighted by Gasteiger charge is 2.23. The van der Waals surface area contributed by atoms with Gasteiger partial charge in [0.2, 0.25) is 0 Å². The third kappa shape index (κ3) is 3.78. The van der Waals surface area contributed by atoms with Gasteiger partial charge in [0.25, 0.3) is 0 Å². The second kappa shape index (κ2) is 7.37. The summed E-state index contributed by atoms with van der Waals surface area (Å²) in [5.41, 5.74) is 1.21. The molecule has 0 heterocycles. The zero-order chi connectivity index (χ0) is 14.4. The van der Waals surface area contributed by atoms with E-state index in [0.29, 0.717) is 29.5 Å². The summed E-state index contributed by atoms with van der Waals surface area (Å²) in [6.07, 6.45) is 4.63. The molecule has 0 bridgehead atoms. The molecule has 20 heavy (non-hydrogen) atoms. The highest BCUT2D eigenvalue weighted by molar-refractivity contribution is 5.37. The van der Waals surface area contributed by atoms with Crippen LogP contribution in [0.2, 0.25) is 0 Å². The molecular formula is C16H21FN2O. The summed E-state index contributed by atoms with van der Waals surface area (Å²) in [7, 11) is 0. The molecule has 108 valence electrons. The molecular weight excluding hydrogens is 255 g/mol. The number of aliphatic hydroxyl groups excluding tert-OH is 1. The Morgan fingerprint density at radius 1 is 1.30 bits per heavy atom. The summed E-state index contributed by atoms with van der Waals surface area (Å²) in [4.78, 5) is 0. The molecule has 0 aromatic heterocycles. The van der Waals surface area contributed by atoms with Crippen LogP contribution in [0.4, 0.5) is 4.39 Å². The van der Waals surface area contributed by atoms with Crippen molar-refractivity contribution in [1.29, 1.82) is 5.26 Å². The highest BCUT2D eigenvalue weighted by atomic mass is 19.1. The Kier molecular flexibility index (Phi) is 5.51. The van der Waals surface area contributed by atoms with Crippen molar-refractivity contribution < 1.29 is 9.50 Å². The Bertz CT molecular complexity index is 484. The fourth-order valence-electron chi connectivity index (χ4n) is 3.00. The second-order valence-electron chi connectivity index (χ2n) is 5.53. The molecule has 1 aliphatic rings. The molecule has 0 radical (unpaired) electrons. The summed E-state index contributed by atoms with van der Waals surface area (Å²) in [5, 5.41) is 21.7. The van der Waals surface area contributed by atoms with Crippen LogP contribution in [0.1, 0.15) is 36.8 Å². The van der Waals surface area contributed by atoms with Crippen molar-refractivity contribution in [2.75, 3.05) is 13.2 Å². The summed E-state index contributed by atoms with van der Waals surface area (Å²) in [6.45, 7) is 1.55. The van der Waals surface area contributed by atoms with Gasteiger partial charge in [-0.25, -0.2) is 4.39 Å². The monoisotopic (exact) mass is 276 g/mol. The maximum Gasteiger partial charge on any atom is 0.123 e. The molecule has 0 saturated heterocycles. The van der Waals surface area contributed by atoms with Gasteiger partial charge in [-0.15, -0.1) is 0 Å². The standard InChI is InChI=1S/C16H21FN2O/c17-16-6-5-12(8-18)15(7-16)10-19-9-13-3-1-2-4-14(13)11-20/h5-7,13-14,19-20H,1-4,9-11H2. The summed E-state index contributed by atoms with van der Waals surface area (Å²) < 4.78 is 13.2. The van der Waals surface area contributed by atoms with Crippen molar-refractivity contribution >= 4 is 0 Å². The van der Waals surface area contributed by atoms with Crippen molar-refractivity contribution in [2.45, 2.75) is 32.2 Å². The van der Waals surface area contributed by atoms with E-state index in [1.165, 1.54) is 31.0 Å². The van der Waals surface area contributed by atoms with Crippen molar-refractivity contribution in [2.24, 2.45) is 11.8 Å². The van der Waals surface area contributed by atoms with Crippen LogP contribution >= 0.6 is 0 Å². The Balaban J connectivity index is 1.89. The first-order valence-corrected chi connectivity index (χ1v) is 7.24. The first-order valence-electron chi connectivity index (χ1n) is 7.24. The quantitative estimate of drug-likeness (QED) is 0.869. The molecule has 1 aromatic rings. The van der Waals surface area contributed by atoms with Gasteiger partial charge in [-0.2, -0.15) is 5.26 Å². The predicted octanol–water partition coefficient (Wildman–Crippen LogP) is 2.59. The number of nitrogens with one attached hydrogen (secondary N) is 1. The molecule has 0 spiro atoms.